The van der Waals surface area contributed by atoms with Gasteiger partial charge in [-0.15, -0.1) is 11.3 Å². The maximum Gasteiger partial charge on any atom is 0.230 e. The number of thioether (sulfide) groups is 1. The van der Waals surface area contributed by atoms with Crippen LogP contribution in [0.25, 0.3) is 0 Å². The second-order valence-corrected chi connectivity index (χ2v) is 8.21. The maximum atomic E-state index is 12.1. The molecule has 0 unspecified atom stereocenters. The second-order valence-electron chi connectivity index (χ2n) is 6.13. The van der Waals surface area contributed by atoms with E-state index >= 15 is 0 Å². The van der Waals surface area contributed by atoms with Crippen LogP contribution in [0, 0.1) is 6.92 Å². The lowest BCUT2D eigenvalue weighted by molar-refractivity contribution is -0.120. The van der Waals surface area contributed by atoms with Crippen LogP contribution in [-0.4, -0.2) is 56.9 Å². The Morgan fingerprint density at radius 1 is 1.52 bits per heavy atom. The summed E-state index contributed by atoms with van der Waals surface area (Å²) in [7, 11) is 0. The zero-order valence-electron chi connectivity index (χ0n) is 14.1. The van der Waals surface area contributed by atoms with Crippen LogP contribution in [0.2, 0.25) is 0 Å². The van der Waals surface area contributed by atoms with E-state index in [1.165, 1.54) is 11.8 Å². The predicted octanol–water partition coefficient (Wildman–Crippen LogP) is 1.69. The van der Waals surface area contributed by atoms with Gasteiger partial charge in [0.05, 0.1) is 23.6 Å². The Bertz CT molecular complexity index is 695. The molecule has 0 aromatic carbocycles. The molecular formula is C17H22N4O2S2. The number of aliphatic hydroxyl groups excluding tert-OH is 1. The second kappa shape index (κ2) is 8.75. The van der Waals surface area contributed by atoms with Gasteiger partial charge in [-0.1, -0.05) is 17.8 Å². The number of piperidine rings is 1. The number of carbonyl (C=O) groups excluding carboxylic acids is 1. The normalized spacial score (nSPS) is 21.2. The van der Waals surface area contributed by atoms with Gasteiger partial charge in [-0.2, -0.15) is 0 Å². The molecule has 25 heavy (non-hydrogen) atoms. The highest BCUT2D eigenvalue weighted by Gasteiger charge is 2.28. The van der Waals surface area contributed by atoms with Crippen molar-refractivity contribution >= 4 is 29.0 Å². The third kappa shape index (κ3) is 5.50. The first kappa shape index (κ1) is 18.3. The Morgan fingerprint density at radius 3 is 3.08 bits per heavy atom. The highest BCUT2D eigenvalue weighted by atomic mass is 32.2. The Labute approximate surface area is 155 Å². The highest BCUT2D eigenvalue weighted by Crippen LogP contribution is 2.22. The molecule has 2 aromatic heterocycles. The molecule has 2 aromatic rings. The Hall–Kier alpha value is -1.48. The van der Waals surface area contributed by atoms with Crippen LogP contribution in [0.5, 0.6) is 0 Å². The lowest BCUT2D eigenvalue weighted by atomic mass is 10.0. The molecule has 6 nitrogen and oxygen atoms in total. The standard InChI is InChI=1S/C17H22N4O2S2/c1-12-10-24-17(19-12)25-11-16(23)20-14-5-7-21(9-15(14)22)8-13-4-2-3-6-18-13/h2-4,6,10,14-15,22H,5,7-9,11H2,1H3,(H,20,23)/t14-,15-/m1/s1. The number of β-amino-alcohol motifs (C(OH)–C–C–N with tert-alkyl or cyclic N) is 1. The number of aliphatic hydroxyl groups is 1. The van der Waals surface area contributed by atoms with Gasteiger partial charge in [0.1, 0.15) is 0 Å². The summed E-state index contributed by atoms with van der Waals surface area (Å²) in [6.45, 7) is 4.03. The molecule has 2 atom stereocenters. The fourth-order valence-electron chi connectivity index (χ4n) is 2.80. The molecule has 8 heteroatoms. The number of nitrogens with one attached hydrogen (secondary N) is 1. The molecule has 1 amide bonds. The zero-order chi connectivity index (χ0) is 17.6. The van der Waals surface area contributed by atoms with Gasteiger partial charge in [0.2, 0.25) is 5.91 Å². The van der Waals surface area contributed by atoms with E-state index in [4.69, 9.17) is 0 Å². The number of carbonyl (C=O) groups is 1. The van der Waals surface area contributed by atoms with Gasteiger partial charge in [-0.25, -0.2) is 4.98 Å². The van der Waals surface area contributed by atoms with Crippen LogP contribution in [0.15, 0.2) is 34.1 Å². The molecule has 3 rings (SSSR count). The summed E-state index contributed by atoms with van der Waals surface area (Å²) < 4.78 is 0.901. The van der Waals surface area contributed by atoms with Crippen molar-refractivity contribution in [2.24, 2.45) is 0 Å². The average Bonchev–Trinajstić information content (AvgIpc) is 3.02. The molecule has 2 N–H and O–H groups in total. The van der Waals surface area contributed by atoms with Crippen LogP contribution < -0.4 is 5.32 Å². The van der Waals surface area contributed by atoms with E-state index in [9.17, 15) is 9.90 Å². The summed E-state index contributed by atoms with van der Waals surface area (Å²) in [4.78, 5) is 22.9. The van der Waals surface area contributed by atoms with Gasteiger partial charge in [-0.3, -0.25) is 14.7 Å². The number of rotatable bonds is 6. The van der Waals surface area contributed by atoms with Crippen molar-refractivity contribution in [3.8, 4) is 0 Å². The fourth-order valence-corrected chi connectivity index (χ4v) is 4.46. The van der Waals surface area contributed by atoms with Crippen molar-refractivity contribution < 1.29 is 9.90 Å². The Morgan fingerprint density at radius 2 is 2.40 bits per heavy atom. The molecule has 1 fully saturated rings. The lowest BCUT2D eigenvalue weighted by Gasteiger charge is -2.36. The number of thiazole rings is 1. The van der Waals surface area contributed by atoms with E-state index in [-0.39, 0.29) is 11.9 Å². The van der Waals surface area contributed by atoms with Crippen LogP contribution in [-0.2, 0) is 11.3 Å². The zero-order valence-corrected chi connectivity index (χ0v) is 15.7. The van der Waals surface area contributed by atoms with Crippen LogP contribution in [0.1, 0.15) is 17.8 Å². The Balaban J connectivity index is 1.42. The lowest BCUT2D eigenvalue weighted by Crippen LogP contribution is -2.54. The number of likely N-dealkylation sites (tertiary alicyclic amines) is 1. The molecule has 3 heterocycles. The number of amides is 1. The molecule has 0 aliphatic carbocycles. The topological polar surface area (TPSA) is 78.4 Å². The van der Waals surface area contributed by atoms with E-state index in [1.807, 2.05) is 30.5 Å². The third-order valence-electron chi connectivity index (χ3n) is 4.05. The molecule has 1 aliphatic rings. The van der Waals surface area contributed by atoms with Gasteiger partial charge in [-0.05, 0) is 25.5 Å². The van der Waals surface area contributed by atoms with Crippen molar-refractivity contribution in [2.75, 3.05) is 18.8 Å². The fraction of sp³-hybridized carbons (Fsp3) is 0.471. The number of nitrogens with zero attached hydrogens (tertiary/aromatic N) is 3. The smallest absolute Gasteiger partial charge is 0.230 e. The molecule has 0 bridgehead atoms. The van der Waals surface area contributed by atoms with Crippen LogP contribution >= 0.6 is 23.1 Å². The average molecular weight is 379 g/mol. The van der Waals surface area contributed by atoms with E-state index in [0.717, 1.165) is 35.2 Å². The van der Waals surface area contributed by atoms with Crippen molar-refractivity contribution in [3.05, 3.63) is 41.2 Å². The number of hydrogen-bond acceptors (Lipinski definition) is 7. The minimum absolute atomic E-state index is 0.0555. The monoisotopic (exact) mass is 378 g/mol. The number of aryl methyl sites for hydroxylation is 1. The molecule has 0 spiro atoms. The SMILES string of the molecule is Cc1csc(SCC(=O)N[C@@H]2CCN(Cc3ccccn3)C[C@H]2O)n1. The van der Waals surface area contributed by atoms with Crippen molar-refractivity contribution in [1.29, 1.82) is 0 Å². The minimum Gasteiger partial charge on any atom is -0.390 e. The number of aromatic nitrogens is 2. The molecule has 1 aliphatic heterocycles. The summed E-state index contributed by atoms with van der Waals surface area (Å²) in [5.41, 5.74) is 1.97. The van der Waals surface area contributed by atoms with E-state index in [1.54, 1.807) is 17.5 Å². The summed E-state index contributed by atoms with van der Waals surface area (Å²) in [6.07, 6.45) is 1.95. The van der Waals surface area contributed by atoms with Gasteiger partial charge in [0, 0.05) is 36.9 Å². The van der Waals surface area contributed by atoms with E-state index in [0.29, 0.717) is 12.3 Å². The van der Waals surface area contributed by atoms with Gasteiger partial charge in [0.15, 0.2) is 4.34 Å². The van der Waals surface area contributed by atoms with E-state index in [2.05, 4.69) is 20.2 Å². The van der Waals surface area contributed by atoms with Gasteiger partial charge >= 0.3 is 0 Å². The first-order chi connectivity index (χ1) is 12.1. The van der Waals surface area contributed by atoms with E-state index < -0.39 is 6.10 Å². The Kier molecular flexibility index (Phi) is 6.41. The van der Waals surface area contributed by atoms with Crippen molar-refractivity contribution in [3.63, 3.8) is 0 Å². The predicted molar refractivity (Wildman–Crippen MR) is 99.6 cm³/mol. The van der Waals surface area contributed by atoms with Crippen molar-refractivity contribution in [1.82, 2.24) is 20.2 Å². The number of hydrogen-bond donors (Lipinski definition) is 2. The van der Waals surface area contributed by atoms with Crippen molar-refractivity contribution in [2.45, 2.75) is 36.4 Å². The highest BCUT2D eigenvalue weighted by molar-refractivity contribution is 8.01. The van der Waals surface area contributed by atoms with Gasteiger partial charge < -0.3 is 10.4 Å². The third-order valence-corrected chi connectivity index (χ3v) is 6.19. The van der Waals surface area contributed by atoms with Gasteiger partial charge in [0.25, 0.3) is 0 Å². The maximum absolute atomic E-state index is 12.1. The summed E-state index contributed by atoms with van der Waals surface area (Å²) in [5, 5.41) is 15.3. The molecule has 1 saturated heterocycles. The van der Waals surface area contributed by atoms with Crippen LogP contribution in [0.4, 0.5) is 0 Å². The first-order valence-electron chi connectivity index (χ1n) is 8.25. The molecule has 134 valence electrons. The summed E-state index contributed by atoms with van der Waals surface area (Å²) in [6, 6.07) is 5.65. The first-order valence-corrected chi connectivity index (χ1v) is 10.1. The van der Waals surface area contributed by atoms with Crippen LogP contribution in [0.3, 0.4) is 0 Å². The molecule has 0 saturated carbocycles. The largest absolute Gasteiger partial charge is 0.390 e. The summed E-state index contributed by atoms with van der Waals surface area (Å²) in [5.74, 6) is 0.272. The quantitative estimate of drug-likeness (QED) is 0.745. The molecule has 0 radical (unpaired) electrons. The number of pyridine rings is 1. The minimum atomic E-state index is -0.562. The molecular weight excluding hydrogens is 356 g/mol. The summed E-state index contributed by atoms with van der Waals surface area (Å²) >= 11 is 2.99.